The number of nitrogens with two attached hydrogens (primary N) is 1. The molecule has 2 N–H and O–H groups in total. The smallest absolute Gasteiger partial charge is 0.112 e. The van der Waals surface area contributed by atoms with Gasteiger partial charge in [-0.05, 0) is 45.7 Å². The Labute approximate surface area is 121 Å². The average Bonchev–Trinajstić information content (AvgIpc) is 2.54. The van der Waals surface area contributed by atoms with Crippen molar-refractivity contribution in [1.29, 1.82) is 0 Å². The fourth-order valence-electron chi connectivity index (χ4n) is 3.41. The fraction of sp³-hybridized carbons (Fsp3) is 0.167. The maximum absolute atomic E-state index is 14.4. The summed E-state index contributed by atoms with van der Waals surface area (Å²) in [5.74, 6) is 5.34. The zero-order chi connectivity index (χ0) is 14.4. The number of hydrogen-bond donors (Lipinski definition) is 1. The van der Waals surface area contributed by atoms with Gasteiger partial charge in [0.25, 0.3) is 0 Å². The minimum Gasteiger partial charge on any atom is -0.323 e. The molecule has 2 aromatic rings. The van der Waals surface area contributed by atoms with Crippen LogP contribution in [0.3, 0.4) is 0 Å². The molecule has 0 bridgehead atoms. The van der Waals surface area contributed by atoms with Gasteiger partial charge in [-0.25, -0.2) is 4.39 Å². The predicted octanol–water partition coefficient (Wildman–Crippen LogP) is 1.65. The monoisotopic (exact) mass is 278 g/mol. The van der Waals surface area contributed by atoms with E-state index in [-0.39, 0.29) is 5.83 Å². The Kier molecular flexibility index (Phi) is 2.67. The van der Waals surface area contributed by atoms with Gasteiger partial charge in [-0.15, -0.1) is 0 Å². The molecule has 0 saturated heterocycles. The first-order chi connectivity index (χ1) is 10.3. The first kappa shape index (κ1) is 12.3. The van der Waals surface area contributed by atoms with E-state index in [1.165, 1.54) is 5.56 Å². The quantitative estimate of drug-likeness (QED) is 0.577. The number of fused-ring (bicyclic) bond motifs is 4. The van der Waals surface area contributed by atoms with Gasteiger partial charge < -0.3 is 5.84 Å². The zero-order valence-corrected chi connectivity index (χ0v) is 11.6. The van der Waals surface area contributed by atoms with Crippen LogP contribution in [-0.2, 0) is 12.8 Å². The summed E-state index contributed by atoms with van der Waals surface area (Å²) in [7, 11) is 0. The molecule has 0 radical (unpaired) electrons. The lowest BCUT2D eigenvalue weighted by Gasteiger charge is -2.17. The molecule has 2 aromatic carbocycles. The lowest BCUT2D eigenvalue weighted by Crippen LogP contribution is -2.24. The van der Waals surface area contributed by atoms with Crippen LogP contribution >= 0.6 is 0 Å². The van der Waals surface area contributed by atoms with E-state index >= 15 is 0 Å². The largest absolute Gasteiger partial charge is 0.323 e. The van der Waals surface area contributed by atoms with E-state index in [1.807, 2.05) is 30.3 Å². The minimum atomic E-state index is -0.0372. The summed E-state index contributed by atoms with van der Waals surface area (Å²) in [5.41, 5.74) is 3.27. The van der Waals surface area contributed by atoms with Gasteiger partial charge in [0, 0.05) is 11.6 Å². The van der Waals surface area contributed by atoms with Crippen LogP contribution in [0, 0.1) is 10.4 Å². The molecule has 0 amide bonds. The van der Waals surface area contributed by atoms with Crippen LogP contribution in [0.1, 0.15) is 17.5 Å². The fourth-order valence-corrected chi connectivity index (χ4v) is 3.41. The molecular formula is C18H15FN2. The summed E-state index contributed by atoms with van der Waals surface area (Å²) in [6, 6.07) is 11.9. The van der Waals surface area contributed by atoms with Crippen molar-refractivity contribution in [1.82, 2.24) is 0 Å². The predicted molar refractivity (Wildman–Crippen MR) is 82.4 cm³/mol. The lowest BCUT2D eigenvalue weighted by atomic mass is 9.88. The maximum atomic E-state index is 14.4. The third-order valence-electron chi connectivity index (χ3n) is 4.43. The van der Waals surface area contributed by atoms with Gasteiger partial charge in [0.2, 0.25) is 0 Å². The average molecular weight is 278 g/mol. The van der Waals surface area contributed by atoms with Crippen LogP contribution in [0.5, 0.6) is 0 Å². The third-order valence-corrected chi connectivity index (χ3v) is 4.43. The molecule has 0 aromatic heterocycles. The normalized spacial score (nSPS) is 17.8. The Morgan fingerprint density at radius 1 is 0.905 bits per heavy atom. The van der Waals surface area contributed by atoms with Crippen molar-refractivity contribution in [3.63, 3.8) is 0 Å². The molecule has 3 heteroatoms. The number of nitrogens with zero attached hydrogens (tertiary/aromatic N) is 1. The van der Waals surface area contributed by atoms with E-state index in [4.69, 9.17) is 5.84 Å². The van der Waals surface area contributed by atoms with Crippen LogP contribution in [0.4, 0.5) is 4.39 Å². The van der Waals surface area contributed by atoms with Crippen molar-refractivity contribution in [3.05, 3.63) is 68.4 Å². The second-order valence-electron chi connectivity index (χ2n) is 5.55. The van der Waals surface area contributed by atoms with Gasteiger partial charge in [0.15, 0.2) is 0 Å². The van der Waals surface area contributed by atoms with E-state index in [9.17, 15) is 4.39 Å². The zero-order valence-electron chi connectivity index (χ0n) is 11.6. The van der Waals surface area contributed by atoms with Crippen molar-refractivity contribution >= 4 is 17.6 Å². The Morgan fingerprint density at radius 2 is 1.71 bits per heavy atom. The molecule has 0 heterocycles. The number of hydrazone groups is 1. The van der Waals surface area contributed by atoms with Crippen LogP contribution in [0.15, 0.2) is 41.5 Å². The molecule has 104 valence electrons. The van der Waals surface area contributed by atoms with Gasteiger partial charge in [-0.1, -0.05) is 36.4 Å². The third kappa shape index (κ3) is 1.81. The number of rotatable bonds is 0. The van der Waals surface area contributed by atoms with E-state index in [0.717, 1.165) is 45.0 Å². The highest BCUT2D eigenvalue weighted by Gasteiger charge is 2.16. The molecular weight excluding hydrogens is 263 g/mol. The van der Waals surface area contributed by atoms with Crippen LogP contribution in [0.25, 0.3) is 11.9 Å². The van der Waals surface area contributed by atoms with Crippen molar-refractivity contribution in [3.8, 4) is 0 Å². The summed E-state index contributed by atoms with van der Waals surface area (Å²) < 4.78 is 14.4. The summed E-state index contributed by atoms with van der Waals surface area (Å²) >= 11 is 0. The number of benzene rings is 2. The maximum Gasteiger partial charge on any atom is 0.112 e. The second kappa shape index (κ2) is 4.55. The second-order valence-corrected chi connectivity index (χ2v) is 5.55. The molecule has 0 spiro atoms. The summed E-state index contributed by atoms with van der Waals surface area (Å²) in [4.78, 5) is 0. The minimum absolute atomic E-state index is 0.0372. The first-order valence-corrected chi connectivity index (χ1v) is 7.15. The highest BCUT2D eigenvalue weighted by Crippen LogP contribution is 2.20. The summed E-state index contributed by atoms with van der Waals surface area (Å²) in [6.45, 7) is 0. The van der Waals surface area contributed by atoms with Gasteiger partial charge in [0.1, 0.15) is 5.83 Å². The van der Waals surface area contributed by atoms with Crippen molar-refractivity contribution < 1.29 is 4.39 Å². The molecule has 2 aliphatic carbocycles. The molecule has 4 rings (SSSR count). The van der Waals surface area contributed by atoms with Crippen LogP contribution < -0.4 is 16.3 Å². The van der Waals surface area contributed by atoms with Crippen molar-refractivity contribution in [2.45, 2.75) is 19.3 Å². The van der Waals surface area contributed by atoms with Crippen molar-refractivity contribution in [2.75, 3.05) is 0 Å². The van der Waals surface area contributed by atoms with E-state index < -0.39 is 0 Å². The van der Waals surface area contributed by atoms with Gasteiger partial charge in [-0.2, -0.15) is 5.10 Å². The van der Waals surface area contributed by atoms with E-state index in [1.54, 1.807) is 0 Å². The molecule has 0 aliphatic heterocycles. The summed E-state index contributed by atoms with van der Waals surface area (Å²) in [6.07, 6.45) is 4.10. The Balaban J connectivity index is 2.18. The highest BCUT2D eigenvalue weighted by molar-refractivity contribution is 6.11. The summed E-state index contributed by atoms with van der Waals surface area (Å²) in [5, 5.41) is 7.80. The Hall–Kier alpha value is -2.42. The Bertz CT molecular complexity index is 987. The lowest BCUT2D eigenvalue weighted by molar-refractivity contribution is 0.710. The molecule has 21 heavy (non-hydrogen) atoms. The topological polar surface area (TPSA) is 38.4 Å². The molecule has 2 nitrogen and oxygen atoms in total. The molecule has 0 fully saturated rings. The Morgan fingerprint density at radius 3 is 2.52 bits per heavy atom. The van der Waals surface area contributed by atoms with Gasteiger partial charge in [0.05, 0.1) is 5.71 Å². The molecule has 0 atom stereocenters. The van der Waals surface area contributed by atoms with E-state index in [2.05, 4.69) is 17.2 Å². The van der Waals surface area contributed by atoms with Gasteiger partial charge in [-0.3, -0.25) is 0 Å². The van der Waals surface area contributed by atoms with Gasteiger partial charge >= 0.3 is 0 Å². The van der Waals surface area contributed by atoms with Crippen molar-refractivity contribution in [2.24, 2.45) is 10.9 Å². The molecule has 2 aliphatic rings. The standard InChI is InChI=1S/C18H15FN2/c19-18-10-17-13-8-6-12(21-20)9-11(13)5-7-15(17)14-3-1-2-4-16(14)18/h1-5,7,9H,6,8,10,20H2/b21-12+. The highest BCUT2D eigenvalue weighted by atomic mass is 19.1. The molecule has 0 unspecified atom stereocenters. The SMILES string of the molecule is N/N=C1/C=c2ccc3c(c2CC1)CC(F)=c1ccccc1=3. The van der Waals surface area contributed by atoms with Crippen LogP contribution in [-0.4, -0.2) is 5.71 Å². The molecule has 0 saturated carbocycles. The van der Waals surface area contributed by atoms with E-state index in [0.29, 0.717) is 6.42 Å². The van der Waals surface area contributed by atoms with Crippen LogP contribution in [0.2, 0.25) is 0 Å². The number of halogens is 1. The number of hydrogen-bond acceptors (Lipinski definition) is 2. The first-order valence-electron chi connectivity index (χ1n) is 7.15.